The largest absolute Gasteiger partial charge is 0.326 e. The number of amides is 3. The normalized spacial score (nSPS) is 14.6. The van der Waals surface area contributed by atoms with Gasteiger partial charge in [-0.2, -0.15) is 0 Å². The van der Waals surface area contributed by atoms with Gasteiger partial charge in [0.2, 0.25) is 17.7 Å². The second-order valence-corrected chi connectivity index (χ2v) is 6.74. The smallest absolute Gasteiger partial charge is 0.241 e. The number of nitrogens with one attached hydrogen (secondary N) is 3. The number of carbonyl (C=O) groups is 3. The molecule has 0 radical (unpaired) electrons. The summed E-state index contributed by atoms with van der Waals surface area (Å²) in [4.78, 5) is 35.7. The van der Waals surface area contributed by atoms with Crippen molar-refractivity contribution >= 4 is 23.4 Å². The Morgan fingerprint density at radius 3 is 2.32 bits per heavy atom. The van der Waals surface area contributed by atoms with Crippen LogP contribution in [0.2, 0.25) is 0 Å². The second kappa shape index (κ2) is 9.20. The molecule has 3 N–H and O–H groups in total. The van der Waals surface area contributed by atoms with Gasteiger partial charge in [-0.25, -0.2) is 0 Å². The zero-order valence-corrected chi connectivity index (χ0v) is 15.0. The minimum absolute atomic E-state index is 0.0122. The van der Waals surface area contributed by atoms with E-state index in [0.29, 0.717) is 0 Å². The molecule has 2 rings (SSSR count). The Kier molecular flexibility index (Phi) is 6.98. The van der Waals surface area contributed by atoms with Crippen LogP contribution in [0, 0.1) is 19.8 Å². The number of hydrogen-bond acceptors (Lipinski definition) is 3. The van der Waals surface area contributed by atoms with Gasteiger partial charge >= 0.3 is 0 Å². The van der Waals surface area contributed by atoms with Gasteiger partial charge in [0.25, 0.3) is 0 Å². The van der Waals surface area contributed by atoms with E-state index in [1.165, 1.54) is 6.42 Å². The summed E-state index contributed by atoms with van der Waals surface area (Å²) in [5.41, 5.74) is 7.73. The van der Waals surface area contributed by atoms with E-state index in [2.05, 4.69) is 16.2 Å². The predicted molar refractivity (Wildman–Crippen MR) is 96.6 cm³/mol. The van der Waals surface area contributed by atoms with E-state index in [9.17, 15) is 14.4 Å². The highest BCUT2D eigenvalue weighted by molar-refractivity contribution is 5.94. The molecule has 0 atom stereocenters. The van der Waals surface area contributed by atoms with Crippen molar-refractivity contribution in [3.8, 4) is 0 Å². The fourth-order valence-corrected chi connectivity index (χ4v) is 3.05. The highest BCUT2D eigenvalue weighted by Gasteiger charge is 2.21. The van der Waals surface area contributed by atoms with Crippen molar-refractivity contribution in [3.05, 3.63) is 29.3 Å². The van der Waals surface area contributed by atoms with Crippen molar-refractivity contribution in [1.29, 1.82) is 0 Å². The number of hydrogen-bond donors (Lipinski definition) is 3. The van der Waals surface area contributed by atoms with Gasteiger partial charge in [-0.1, -0.05) is 37.0 Å². The van der Waals surface area contributed by atoms with Crippen molar-refractivity contribution < 1.29 is 14.4 Å². The number of hydrazine groups is 1. The van der Waals surface area contributed by atoms with Crippen LogP contribution in [0.5, 0.6) is 0 Å². The molecule has 0 bridgehead atoms. The SMILES string of the molecule is Cc1ccc(NC(=O)CCC(=O)NNC(=O)C2CCCCC2)c(C)c1. The van der Waals surface area contributed by atoms with Crippen LogP contribution in [0.15, 0.2) is 18.2 Å². The lowest BCUT2D eigenvalue weighted by Crippen LogP contribution is -2.45. The topological polar surface area (TPSA) is 87.3 Å². The molecule has 0 heterocycles. The van der Waals surface area contributed by atoms with E-state index in [1.807, 2.05) is 32.0 Å². The zero-order chi connectivity index (χ0) is 18.2. The first-order valence-corrected chi connectivity index (χ1v) is 8.91. The molecule has 25 heavy (non-hydrogen) atoms. The minimum atomic E-state index is -0.361. The predicted octanol–water partition coefficient (Wildman–Crippen LogP) is 2.75. The third-order valence-electron chi connectivity index (χ3n) is 4.54. The summed E-state index contributed by atoms with van der Waals surface area (Å²) < 4.78 is 0. The highest BCUT2D eigenvalue weighted by atomic mass is 16.2. The molecular formula is C19H27N3O3. The summed E-state index contributed by atoms with van der Waals surface area (Å²) in [6.45, 7) is 3.92. The fourth-order valence-electron chi connectivity index (χ4n) is 3.05. The molecule has 136 valence electrons. The Balaban J connectivity index is 1.68. The number of anilines is 1. The third kappa shape index (κ3) is 6.21. The molecule has 0 aliphatic heterocycles. The highest BCUT2D eigenvalue weighted by Crippen LogP contribution is 2.23. The quantitative estimate of drug-likeness (QED) is 0.717. The van der Waals surface area contributed by atoms with Crippen LogP contribution in [0.25, 0.3) is 0 Å². The summed E-state index contributed by atoms with van der Waals surface area (Å²) in [6, 6.07) is 5.77. The molecule has 1 aliphatic rings. The molecule has 6 nitrogen and oxygen atoms in total. The van der Waals surface area contributed by atoms with Crippen LogP contribution < -0.4 is 16.2 Å². The molecule has 1 aromatic carbocycles. The van der Waals surface area contributed by atoms with Gasteiger partial charge < -0.3 is 5.32 Å². The summed E-state index contributed by atoms with van der Waals surface area (Å²) >= 11 is 0. The number of carbonyl (C=O) groups excluding carboxylic acids is 3. The van der Waals surface area contributed by atoms with Crippen molar-refractivity contribution in [1.82, 2.24) is 10.9 Å². The molecule has 1 aliphatic carbocycles. The lowest BCUT2D eigenvalue weighted by molar-refractivity contribution is -0.132. The van der Waals surface area contributed by atoms with E-state index < -0.39 is 0 Å². The van der Waals surface area contributed by atoms with Gasteiger partial charge in [-0.3, -0.25) is 25.2 Å². The van der Waals surface area contributed by atoms with Crippen LogP contribution in [0.1, 0.15) is 56.1 Å². The first kappa shape index (κ1) is 19.0. The minimum Gasteiger partial charge on any atom is -0.326 e. The first-order valence-electron chi connectivity index (χ1n) is 8.91. The van der Waals surface area contributed by atoms with E-state index in [1.54, 1.807) is 0 Å². The van der Waals surface area contributed by atoms with Crippen LogP contribution in [0.3, 0.4) is 0 Å². The molecule has 6 heteroatoms. The van der Waals surface area contributed by atoms with Crippen LogP contribution in [-0.2, 0) is 14.4 Å². The summed E-state index contributed by atoms with van der Waals surface area (Å²) in [5, 5.41) is 2.80. The maximum absolute atomic E-state index is 12.0. The fraction of sp³-hybridized carbons (Fsp3) is 0.526. The molecule has 3 amide bonds. The van der Waals surface area contributed by atoms with E-state index >= 15 is 0 Å². The van der Waals surface area contributed by atoms with Gasteiger partial charge in [0.05, 0.1) is 0 Å². The summed E-state index contributed by atoms with van der Waals surface area (Å²) in [6.07, 6.45) is 5.14. The lowest BCUT2D eigenvalue weighted by atomic mass is 9.89. The molecular weight excluding hydrogens is 318 g/mol. The van der Waals surface area contributed by atoms with Gasteiger partial charge in [0.1, 0.15) is 0 Å². The van der Waals surface area contributed by atoms with Crippen LogP contribution >= 0.6 is 0 Å². The Hall–Kier alpha value is -2.37. The Labute approximate surface area is 148 Å². The van der Waals surface area contributed by atoms with Crippen LogP contribution in [-0.4, -0.2) is 17.7 Å². The maximum Gasteiger partial charge on any atom is 0.241 e. The third-order valence-corrected chi connectivity index (χ3v) is 4.54. The molecule has 1 fully saturated rings. The maximum atomic E-state index is 12.0. The van der Waals surface area contributed by atoms with Crippen molar-refractivity contribution in [2.75, 3.05) is 5.32 Å². The molecule has 0 spiro atoms. The Morgan fingerprint density at radius 1 is 0.960 bits per heavy atom. The van der Waals surface area contributed by atoms with E-state index in [-0.39, 0.29) is 36.5 Å². The first-order chi connectivity index (χ1) is 12.0. The summed E-state index contributed by atoms with van der Waals surface area (Å²) in [5.74, 6) is -0.727. The summed E-state index contributed by atoms with van der Waals surface area (Å²) in [7, 11) is 0. The van der Waals surface area contributed by atoms with Gasteiger partial charge in [-0.15, -0.1) is 0 Å². The lowest BCUT2D eigenvalue weighted by Gasteiger charge is -2.20. The Bertz CT molecular complexity index is 637. The molecule has 1 aromatic rings. The average Bonchev–Trinajstić information content (AvgIpc) is 2.61. The average molecular weight is 345 g/mol. The van der Waals surface area contributed by atoms with Gasteiger partial charge in [0, 0.05) is 24.4 Å². The van der Waals surface area contributed by atoms with Gasteiger partial charge in [-0.05, 0) is 38.3 Å². The molecule has 0 aromatic heterocycles. The number of aryl methyl sites for hydroxylation is 2. The number of benzene rings is 1. The molecule has 0 unspecified atom stereocenters. The number of rotatable bonds is 5. The van der Waals surface area contributed by atoms with Crippen molar-refractivity contribution in [3.63, 3.8) is 0 Å². The van der Waals surface area contributed by atoms with Gasteiger partial charge in [0.15, 0.2) is 0 Å². The Morgan fingerprint density at radius 2 is 1.64 bits per heavy atom. The van der Waals surface area contributed by atoms with Crippen LogP contribution in [0.4, 0.5) is 5.69 Å². The van der Waals surface area contributed by atoms with E-state index in [4.69, 9.17) is 0 Å². The standard InChI is InChI=1S/C19H27N3O3/c1-13-8-9-16(14(2)12-13)20-17(23)10-11-18(24)21-22-19(25)15-6-4-3-5-7-15/h8-9,12,15H,3-7,10-11H2,1-2H3,(H,20,23)(H,21,24)(H,22,25). The van der Waals surface area contributed by atoms with E-state index in [0.717, 1.165) is 42.5 Å². The second-order valence-electron chi connectivity index (χ2n) is 6.74. The monoisotopic (exact) mass is 345 g/mol. The zero-order valence-electron chi connectivity index (χ0n) is 15.0. The molecule has 1 saturated carbocycles. The van der Waals surface area contributed by atoms with Crippen molar-refractivity contribution in [2.24, 2.45) is 5.92 Å². The molecule has 0 saturated heterocycles. The van der Waals surface area contributed by atoms with Crippen molar-refractivity contribution in [2.45, 2.75) is 58.8 Å².